The SMILES string of the molecule is O=C(O)c1ccc2ccn(Cc3ccno3)c2c1. The first-order valence-corrected chi connectivity index (χ1v) is 5.46. The molecule has 3 aromatic rings. The molecule has 0 saturated carbocycles. The van der Waals surface area contributed by atoms with Gasteiger partial charge in [-0.25, -0.2) is 4.79 Å². The van der Waals surface area contributed by atoms with E-state index in [0.29, 0.717) is 6.54 Å². The minimum absolute atomic E-state index is 0.278. The van der Waals surface area contributed by atoms with Crippen LogP contribution in [0.5, 0.6) is 0 Å². The summed E-state index contributed by atoms with van der Waals surface area (Å²) in [6.07, 6.45) is 3.49. The average molecular weight is 242 g/mol. The summed E-state index contributed by atoms with van der Waals surface area (Å²) < 4.78 is 6.98. The zero-order valence-corrected chi connectivity index (χ0v) is 9.41. The molecule has 3 rings (SSSR count). The Hall–Kier alpha value is -2.56. The van der Waals surface area contributed by atoms with E-state index in [4.69, 9.17) is 9.63 Å². The van der Waals surface area contributed by atoms with Gasteiger partial charge < -0.3 is 14.2 Å². The molecule has 0 aliphatic carbocycles. The predicted molar refractivity (Wildman–Crippen MR) is 64.5 cm³/mol. The van der Waals surface area contributed by atoms with Crippen molar-refractivity contribution < 1.29 is 14.4 Å². The van der Waals surface area contributed by atoms with Gasteiger partial charge in [-0.1, -0.05) is 11.2 Å². The van der Waals surface area contributed by atoms with Gasteiger partial charge in [-0.15, -0.1) is 0 Å². The molecule has 2 heterocycles. The maximum Gasteiger partial charge on any atom is 0.335 e. The summed E-state index contributed by atoms with van der Waals surface area (Å²) in [5, 5.41) is 13.6. The van der Waals surface area contributed by atoms with E-state index < -0.39 is 5.97 Å². The third-order valence-electron chi connectivity index (χ3n) is 2.84. The highest BCUT2D eigenvalue weighted by Gasteiger charge is 2.08. The molecule has 0 aliphatic heterocycles. The van der Waals surface area contributed by atoms with Crippen molar-refractivity contribution in [3.8, 4) is 0 Å². The number of nitrogens with zero attached hydrogens (tertiary/aromatic N) is 2. The highest BCUT2D eigenvalue weighted by molar-refractivity contribution is 5.93. The van der Waals surface area contributed by atoms with Gasteiger partial charge in [0.15, 0.2) is 5.76 Å². The average Bonchev–Trinajstić information content (AvgIpc) is 2.99. The largest absolute Gasteiger partial charge is 0.478 e. The topological polar surface area (TPSA) is 68.3 Å². The monoisotopic (exact) mass is 242 g/mol. The first kappa shape index (κ1) is 10.6. The quantitative estimate of drug-likeness (QED) is 0.765. The maximum atomic E-state index is 11.0. The summed E-state index contributed by atoms with van der Waals surface area (Å²) in [4.78, 5) is 11.0. The Bertz CT molecular complexity index is 698. The van der Waals surface area contributed by atoms with Gasteiger partial charge in [0.1, 0.15) is 0 Å². The van der Waals surface area contributed by atoms with Crippen molar-refractivity contribution in [3.05, 3.63) is 54.0 Å². The number of hydrogen-bond acceptors (Lipinski definition) is 3. The summed E-state index contributed by atoms with van der Waals surface area (Å²) in [6.45, 7) is 0.534. The molecule has 0 bridgehead atoms. The molecule has 18 heavy (non-hydrogen) atoms. The highest BCUT2D eigenvalue weighted by atomic mass is 16.5. The van der Waals surface area contributed by atoms with Crippen LogP contribution in [0.15, 0.2) is 47.2 Å². The van der Waals surface area contributed by atoms with Crippen molar-refractivity contribution in [2.75, 3.05) is 0 Å². The molecule has 0 radical (unpaired) electrons. The van der Waals surface area contributed by atoms with Crippen molar-refractivity contribution >= 4 is 16.9 Å². The molecular formula is C13H10N2O3. The smallest absolute Gasteiger partial charge is 0.335 e. The lowest BCUT2D eigenvalue weighted by Crippen LogP contribution is -1.99. The number of fused-ring (bicyclic) bond motifs is 1. The van der Waals surface area contributed by atoms with E-state index in [-0.39, 0.29) is 5.56 Å². The second-order valence-corrected chi connectivity index (χ2v) is 4.00. The van der Waals surface area contributed by atoms with E-state index >= 15 is 0 Å². The first-order valence-electron chi connectivity index (χ1n) is 5.46. The number of aromatic carboxylic acids is 1. The molecule has 0 unspecified atom stereocenters. The molecule has 2 aromatic heterocycles. The first-order chi connectivity index (χ1) is 8.74. The fraction of sp³-hybridized carbons (Fsp3) is 0.0769. The van der Waals surface area contributed by atoms with Crippen LogP contribution >= 0.6 is 0 Å². The molecule has 0 spiro atoms. The van der Waals surface area contributed by atoms with Gasteiger partial charge >= 0.3 is 5.97 Å². The molecule has 5 nitrogen and oxygen atoms in total. The Morgan fingerprint density at radius 1 is 1.33 bits per heavy atom. The van der Waals surface area contributed by atoms with E-state index in [0.717, 1.165) is 16.7 Å². The summed E-state index contributed by atoms with van der Waals surface area (Å²) in [5.74, 6) is -0.197. The lowest BCUT2D eigenvalue weighted by Gasteiger charge is -2.03. The zero-order chi connectivity index (χ0) is 12.5. The Kier molecular flexibility index (Phi) is 2.37. The Morgan fingerprint density at radius 2 is 2.22 bits per heavy atom. The number of hydrogen-bond donors (Lipinski definition) is 1. The van der Waals surface area contributed by atoms with E-state index in [1.165, 1.54) is 0 Å². The molecule has 0 atom stereocenters. The van der Waals surface area contributed by atoms with Gasteiger partial charge in [0.05, 0.1) is 18.3 Å². The van der Waals surface area contributed by atoms with Crippen LogP contribution in [0.1, 0.15) is 16.1 Å². The van der Waals surface area contributed by atoms with Gasteiger partial charge in [-0.2, -0.15) is 0 Å². The van der Waals surface area contributed by atoms with Gasteiger partial charge in [0, 0.05) is 17.8 Å². The van der Waals surface area contributed by atoms with Crippen LogP contribution in [0, 0.1) is 0 Å². The summed E-state index contributed by atoms with van der Waals surface area (Å²) in [5.41, 5.74) is 1.14. The lowest BCUT2D eigenvalue weighted by atomic mass is 10.1. The van der Waals surface area contributed by atoms with E-state index in [9.17, 15) is 4.79 Å². The molecule has 1 N–H and O–H groups in total. The maximum absolute atomic E-state index is 11.0. The van der Waals surface area contributed by atoms with Crippen LogP contribution in [-0.4, -0.2) is 20.8 Å². The van der Waals surface area contributed by atoms with Crippen molar-refractivity contribution in [3.63, 3.8) is 0 Å². The van der Waals surface area contributed by atoms with Crippen LogP contribution in [-0.2, 0) is 6.54 Å². The third kappa shape index (κ3) is 1.75. The van der Waals surface area contributed by atoms with Gasteiger partial charge in [-0.05, 0) is 23.6 Å². The van der Waals surface area contributed by atoms with Crippen LogP contribution in [0.2, 0.25) is 0 Å². The minimum Gasteiger partial charge on any atom is -0.478 e. The molecular weight excluding hydrogens is 232 g/mol. The van der Waals surface area contributed by atoms with Crippen molar-refractivity contribution in [1.29, 1.82) is 0 Å². The summed E-state index contributed by atoms with van der Waals surface area (Å²) in [6, 6.07) is 8.79. The number of carboxylic acids is 1. The molecule has 1 aromatic carbocycles. The molecule has 5 heteroatoms. The van der Waals surface area contributed by atoms with Gasteiger partial charge in [0.25, 0.3) is 0 Å². The van der Waals surface area contributed by atoms with Crippen molar-refractivity contribution in [2.45, 2.75) is 6.54 Å². The van der Waals surface area contributed by atoms with Crippen molar-refractivity contribution in [2.24, 2.45) is 0 Å². The fourth-order valence-electron chi connectivity index (χ4n) is 1.95. The second kappa shape index (κ2) is 4.03. The van der Waals surface area contributed by atoms with Crippen LogP contribution in [0.4, 0.5) is 0 Å². The molecule has 0 amide bonds. The minimum atomic E-state index is -0.927. The van der Waals surface area contributed by atoms with Crippen LogP contribution in [0.3, 0.4) is 0 Å². The Labute approximate surface area is 102 Å². The van der Waals surface area contributed by atoms with Crippen LogP contribution < -0.4 is 0 Å². The number of aromatic nitrogens is 2. The molecule has 0 aliphatic rings. The number of benzene rings is 1. The number of carboxylic acid groups (broad SMARTS) is 1. The zero-order valence-electron chi connectivity index (χ0n) is 9.41. The Balaban J connectivity index is 2.06. The molecule has 90 valence electrons. The fourth-order valence-corrected chi connectivity index (χ4v) is 1.95. The second-order valence-electron chi connectivity index (χ2n) is 4.00. The summed E-state index contributed by atoms with van der Waals surface area (Å²) in [7, 11) is 0. The number of rotatable bonds is 3. The highest BCUT2D eigenvalue weighted by Crippen LogP contribution is 2.19. The van der Waals surface area contributed by atoms with Gasteiger partial charge in [0.2, 0.25) is 0 Å². The standard InChI is InChI=1S/C13H10N2O3/c16-13(17)10-2-1-9-4-6-15(12(9)7-10)8-11-3-5-14-18-11/h1-7H,8H2,(H,16,17). The normalized spacial score (nSPS) is 10.9. The van der Waals surface area contributed by atoms with Crippen molar-refractivity contribution in [1.82, 2.24) is 9.72 Å². The van der Waals surface area contributed by atoms with E-state index in [1.807, 2.05) is 16.8 Å². The van der Waals surface area contributed by atoms with Crippen LogP contribution in [0.25, 0.3) is 10.9 Å². The number of carbonyl (C=O) groups is 1. The summed E-state index contributed by atoms with van der Waals surface area (Å²) >= 11 is 0. The molecule has 0 saturated heterocycles. The van der Waals surface area contributed by atoms with E-state index in [2.05, 4.69) is 5.16 Å². The Morgan fingerprint density at radius 3 is 2.94 bits per heavy atom. The van der Waals surface area contributed by atoms with E-state index in [1.54, 1.807) is 30.5 Å². The third-order valence-corrected chi connectivity index (χ3v) is 2.84. The van der Waals surface area contributed by atoms with Gasteiger partial charge in [-0.3, -0.25) is 0 Å². The lowest BCUT2D eigenvalue weighted by molar-refractivity contribution is 0.0697. The predicted octanol–water partition coefficient (Wildman–Crippen LogP) is 2.38. The molecule has 0 fully saturated rings.